The molecule has 0 aliphatic rings. The minimum absolute atomic E-state index is 0.0593. The van der Waals surface area contributed by atoms with Gasteiger partial charge < -0.3 is 10.2 Å². The van der Waals surface area contributed by atoms with E-state index in [1.54, 1.807) is 0 Å². The van der Waals surface area contributed by atoms with E-state index in [-0.39, 0.29) is 16.7 Å². The Bertz CT molecular complexity index is 861. The van der Waals surface area contributed by atoms with E-state index in [1.807, 2.05) is 63.2 Å². The van der Waals surface area contributed by atoms with E-state index in [0.29, 0.717) is 6.07 Å². The summed E-state index contributed by atoms with van der Waals surface area (Å²) < 4.78 is 52.8. The van der Waals surface area contributed by atoms with Crippen molar-refractivity contribution in [2.24, 2.45) is 0 Å². The van der Waals surface area contributed by atoms with Crippen LogP contribution in [0.1, 0.15) is 52.5 Å². The molecule has 2 aromatic rings. The Morgan fingerprint density at radius 2 is 1.69 bits per heavy atom. The molecule has 0 saturated carbocycles. The molecule has 0 aliphatic heterocycles. The van der Waals surface area contributed by atoms with Gasteiger partial charge in [0.2, 0.25) is 0 Å². The van der Waals surface area contributed by atoms with Crippen LogP contribution in [0, 0.1) is 6.92 Å². The number of amides is 1. The summed E-state index contributed by atoms with van der Waals surface area (Å²) in [6.45, 7) is 4.11. The first-order valence-electron chi connectivity index (χ1n) is 9.19. The Labute approximate surface area is 168 Å². The van der Waals surface area contributed by atoms with Gasteiger partial charge >= 0.3 is 6.18 Å². The van der Waals surface area contributed by atoms with Crippen molar-refractivity contribution in [1.82, 2.24) is 10.2 Å². The van der Waals surface area contributed by atoms with Crippen LogP contribution >= 0.6 is 0 Å². The minimum atomic E-state index is -4.61. The summed E-state index contributed by atoms with van der Waals surface area (Å²) in [5.41, 5.74) is -0.898. The largest absolute Gasteiger partial charge is 0.416 e. The van der Waals surface area contributed by atoms with Crippen LogP contribution in [0.5, 0.6) is 0 Å². The molecular weight excluding hydrogens is 384 g/mol. The van der Waals surface area contributed by atoms with Gasteiger partial charge in [0.25, 0.3) is 5.91 Å². The number of halogens is 4. The van der Waals surface area contributed by atoms with Crippen molar-refractivity contribution >= 4 is 5.91 Å². The number of likely N-dealkylation sites (N-methyl/N-ethyl adjacent to an activating group) is 1. The highest BCUT2D eigenvalue weighted by atomic mass is 19.4. The summed E-state index contributed by atoms with van der Waals surface area (Å²) in [5, 5.41) is 2.92. The number of hydrogen-bond donors (Lipinski definition) is 1. The Morgan fingerprint density at radius 1 is 1.10 bits per heavy atom. The molecule has 0 bridgehead atoms. The topological polar surface area (TPSA) is 32.3 Å². The summed E-state index contributed by atoms with van der Waals surface area (Å²) in [6.07, 6.45) is -4.61. The van der Waals surface area contributed by atoms with Crippen LogP contribution in [-0.4, -0.2) is 30.4 Å². The maximum absolute atomic E-state index is 13.6. The first kappa shape index (κ1) is 22.9. The third-order valence-electron chi connectivity index (χ3n) is 5.38. The molecule has 29 heavy (non-hydrogen) atoms. The van der Waals surface area contributed by atoms with Crippen LogP contribution in [-0.2, 0) is 12.9 Å². The summed E-state index contributed by atoms with van der Waals surface area (Å²) in [5.74, 6) is -0.604. The van der Waals surface area contributed by atoms with Gasteiger partial charge in [-0.05, 0) is 63.7 Å². The lowest BCUT2D eigenvalue weighted by molar-refractivity contribution is -0.137. The second kappa shape index (κ2) is 8.53. The van der Waals surface area contributed by atoms with Crippen LogP contribution in [0.2, 0.25) is 0 Å². The molecule has 1 unspecified atom stereocenters. The van der Waals surface area contributed by atoms with Crippen molar-refractivity contribution in [3.8, 4) is 0 Å². The molecule has 0 radical (unpaired) electrons. The Morgan fingerprint density at radius 3 is 2.17 bits per heavy atom. The fourth-order valence-corrected chi connectivity index (χ4v) is 3.23. The molecule has 0 saturated heterocycles. The smallest absolute Gasteiger partial charge is 0.343 e. The van der Waals surface area contributed by atoms with Crippen molar-refractivity contribution in [3.05, 3.63) is 70.3 Å². The zero-order valence-electron chi connectivity index (χ0n) is 17.2. The van der Waals surface area contributed by atoms with Crippen LogP contribution in [0.15, 0.2) is 42.5 Å². The first-order chi connectivity index (χ1) is 13.4. The number of nitrogens with zero attached hydrogens (tertiary/aromatic N) is 1. The standard InChI is InChI=1S/C22H26F4N2O/c1-14-11-17(22(24,25)26)12-16(13-23)18(14)20(29)27-19(21(2,3)28(4)5)15-9-7-6-8-10-15/h6-12,19H,13H2,1-5H3,(H,27,29). The van der Waals surface area contributed by atoms with E-state index in [1.165, 1.54) is 6.92 Å². The Hall–Kier alpha value is -2.41. The molecule has 0 spiro atoms. The van der Waals surface area contributed by atoms with Gasteiger partial charge in [-0.15, -0.1) is 0 Å². The number of alkyl halides is 4. The SMILES string of the molecule is Cc1cc(C(F)(F)F)cc(CF)c1C(=O)NC(c1ccccc1)C(C)(C)N(C)C. The minimum Gasteiger partial charge on any atom is -0.343 e. The molecule has 1 amide bonds. The number of hydrogen-bond acceptors (Lipinski definition) is 2. The van der Waals surface area contributed by atoms with Crippen LogP contribution in [0.3, 0.4) is 0 Å². The second-order valence-electron chi connectivity index (χ2n) is 7.82. The number of aryl methyl sites for hydroxylation is 1. The molecule has 0 fully saturated rings. The summed E-state index contributed by atoms with van der Waals surface area (Å²) in [7, 11) is 3.75. The van der Waals surface area contributed by atoms with Crippen molar-refractivity contribution in [2.45, 2.75) is 45.2 Å². The quantitative estimate of drug-likeness (QED) is 0.656. The van der Waals surface area contributed by atoms with Gasteiger partial charge in [-0.2, -0.15) is 13.2 Å². The molecular formula is C22H26F4N2O. The lowest BCUT2D eigenvalue weighted by atomic mass is 9.86. The molecule has 7 heteroatoms. The molecule has 0 aromatic heterocycles. The second-order valence-corrected chi connectivity index (χ2v) is 7.82. The van der Waals surface area contributed by atoms with Gasteiger partial charge in [0.05, 0.1) is 11.6 Å². The first-order valence-corrected chi connectivity index (χ1v) is 9.19. The molecule has 158 valence electrons. The van der Waals surface area contributed by atoms with Gasteiger partial charge in [-0.3, -0.25) is 4.79 Å². The van der Waals surface area contributed by atoms with Crippen LogP contribution in [0.4, 0.5) is 17.6 Å². The van der Waals surface area contributed by atoms with Crippen molar-refractivity contribution in [1.29, 1.82) is 0 Å². The Balaban J connectivity index is 2.50. The van der Waals surface area contributed by atoms with E-state index < -0.39 is 35.9 Å². The van der Waals surface area contributed by atoms with Gasteiger partial charge in [-0.25, -0.2) is 4.39 Å². The van der Waals surface area contributed by atoms with Crippen LogP contribution < -0.4 is 5.32 Å². The zero-order chi connectivity index (χ0) is 22.0. The van der Waals surface area contributed by atoms with Crippen molar-refractivity contribution in [2.75, 3.05) is 14.1 Å². The number of carbonyl (C=O) groups is 1. The predicted octanol–water partition coefficient (Wildman–Crippen LogP) is 5.29. The molecule has 1 atom stereocenters. The van der Waals surface area contributed by atoms with E-state index in [4.69, 9.17) is 0 Å². The number of rotatable bonds is 6. The van der Waals surface area contributed by atoms with Gasteiger partial charge in [-0.1, -0.05) is 30.3 Å². The molecule has 2 aromatic carbocycles. The summed E-state index contributed by atoms with van der Waals surface area (Å²) >= 11 is 0. The number of nitrogens with one attached hydrogen (secondary N) is 1. The highest BCUT2D eigenvalue weighted by Gasteiger charge is 2.36. The lowest BCUT2D eigenvalue weighted by Crippen LogP contribution is -2.51. The maximum atomic E-state index is 13.6. The zero-order valence-corrected chi connectivity index (χ0v) is 17.2. The maximum Gasteiger partial charge on any atom is 0.416 e. The van der Waals surface area contributed by atoms with Gasteiger partial charge in [0.1, 0.15) is 6.67 Å². The van der Waals surface area contributed by atoms with Crippen LogP contribution in [0.25, 0.3) is 0 Å². The fraction of sp³-hybridized carbons (Fsp3) is 0.409. The van der Waals surface area contributed by atoms with E-state index >= 15 is 0 Å². The molecule has 2 rings (SSSR count). The lowest BCUT2D eigenvalue weighted by Gasteiger charge is -2.41. The molecule has 3 nitrogen and oxygen atoms in total. The average Bonchev–Trinajstić information content (AvgIpc) is 2.64. The molecule has 0 heterocycles. The predicted molar refractivity (Wildman–Crippen MR) is 105 cm³/mol. The summed E-state index contributed by atoms with van der Waals surface area (Å²) in [4.78, 5) is 15.0. The third kappa shape index (κ3) is 4.96. The summed E-state index contributed by atoms with van der Waals surface area (Å²) in [6, 6.07) is 10.4. The normalized spacial score (nSPS) is 13.4. The van der Waals surface area contributed by atoms with Gasteiger partial charge in [0, 0.05) is 11.1 Å². The van der Waals surface area contributed by atoms with E-state index in [0.717, 1.165) is 11.6 Å². The van der Waals surface area contributed by atoms with E-state index in [9.17, 15) is 22.4 Å². The molecule has 0 aliphatic carbocycles. The Kier molecular flexibility index (Phi) is 6.73. The highest BCUT2D eigenvalue weighted by Crippen LogP contribution is 2.34. The number of benzene rings is 2. The van der Waals surface area contributed by atoms with E-state index in [2.05, 4.69) is 5.32 Å². The van der Waals surface area contributed by atoms with Crippen molar-refractivity contribution in [3.63, 3.8) is 0 Å². The highest BCUT2D eigenvalue weighted by molar-refractivity contribution is 5.97. The third-order valence-corrected chi connectivity index (χ3v) is 5.38. The van der Waals surface area contributed by atoms with Gasteiger partial charge in [0.15, 0.2) is 0 Å². The molecule has 1 N–H and O–H groups in total. The fourth-order valence-electron chi connectivity index (χ4n) is 3.23. The van der Waals surface area contributed by atoms with Crippen molar-refractivity contribution < 1.29 is 22.4 Å². The monoisotopic (exact) mass is 410 g/mol. The number of carbonyl (C=O) groups excluding carboxylic acids is 1. The average molecular weight is 410 g/mol.